The van der Waals surface area contributed by atoms with Crippen LogP contribution in [-0.2, 0) is 0 Å². The summed E-state index contributed by atoms with van der Waals surface area (Å²) in [5, 5.41) is 2.51. The molecule has 1 N–H and O–H groups in total. The monoisotopic (exact) mass is 355 g/mol. The second-order valence-electron chi connectivity index (χ2n) is 5.49. The number of nitrogens with one attached hydrogen (secondary N) is 1. The van der Waals surface area contributed by atoms with Gasteiger partial charge in [-0.05, 0) is 55.5 Å². The van der Waals surface area contributed by atoms with Crippen molar-refractivity contribution in [1.29, 1.82) is 0 Å². The molecule has 2 nitrogen and oxygen atoms in total. The molecule has 1 amide bonds. The van der Waals surface area contributed by atoms with Crippen LogP contribution in [0.25, 0.3) is 0 Å². The maximum absolute atomic E-state index is 13.6. The van der Waals surface area contributed by atoms with Gasteiger partial charge in [0.15, 0.2) is 0 Å². The van der Waals surface area contributed by atoms with Crippen LogP contribution in [0.3, 0.4) is 0 Å². The van der Waals surface area contributed by atoms with Crippen molar-refractivity contribution in [3.8, 4) is 0 Å². The summed E-state index contributed by atoms with van der Waals surface area (Å²) in [5.41, 5.74) is 1.09. The number of aryl methyl sites for hydroxylation is 1. The van der Waals surface area contributed by atoms with Crippen LogP contribution in [0.4, 0.5) is 14.5 Å². The molecule has 126 valence electrons. The van der Waals surface area contributed by atoms with Gasteiger partial charge in [-0.3, -0.25) is 4.79 Å². The second-order valence-corrected chi connectivity index (χ2v) is 6.64. The summed E-state index contributed by atoms with van der Waals surface area (Å²) in [4.78, 5) is 14.2. The lowest BCUT2D eigenvalue weighted by Crippen LogP contribution is -2.15. The Hall–Kier alpha value is -2.66. The van der Waals surface area contributed by atoms with Gasteiger partial charge in [-0.15, -0.1) is 0 Å². The SMILES string of the molecule is Cc1ccc(Sc2ccc(NC(=O)c3c(F)cccc3F)cc2)cc1. The lowest BCUT2D eigenvalue weighted by Gasteiger charge is -2.08. The van der Waals surface area contributed by atoms with Crippen LogP contribution in [0, 0.1) is 18.6 Å². The number of rotatable bonds is 4. The van der Waals surface area contributed by atoms with E-state index in [9.17, 15) is 13.6 Å². The summed E-state index contributed by atoms with van der Waals surface area (Å²) >= 11 is 1.59. The summed E-state index contributed by atoms with van der Waals surface area (Å²) in [6.45, 7) is 2.03. The highest BCUT2D eigenvalue weighted by Gasteiger charge is 2.16. The minimum absolute atomic E-state index is 0.473. The number of carbonyl (C=O) groups is 1. The van der Waals surface area contributed by atoms with E-state index in [2.05, 4.69) is 5.32 Å². The Balaban J connectivity index is 1.70. The van der Waals surface area contributed by atoms with E-state index in [1.807, 2.05) is 43.3 Å². The van der Waals surface area contributed by atoms with E-state index < -0.39 is 23.1 Å². The molecule has 0 bridgehead atoms. The van der Waals surface area contributed by atoms with Crippen molar-refractivity contribution in [2.24, 2.45) is 0 Å². The number of hydrogen-bond donors (Lipinski definition) is 1. The van der Waals surface area contributed by atoms with Crippen LogP contribution in [0.1, 0.15) is 15.9 Å². The zero-order valence-electron chi connectivity index (χ0n) is 13.4. The maximum Gasteiger partial charge on any atom is 0.261 e. The highest BCUT2D eigenvalue weighted by atomic mass is 32.2. The average molecular weight is 355 g/mol. The third kappa shape index (κ3) is 4.25. The molecule has 0 spiro atoms. The molecule has 0 aliphatic carbocycles. The summed E-state index contributed by atoms with van der Waals surface area (Å²) in [7, 11) is 0. The van der Waals surface area contributed by atoms with Crippen LogP contribution in [0.2, 0.25) is 0 Å². The van der Waals surface area contributed by atoms with Crippen molar-refractivity contribution >= 4 is 23.4 Å². The van der Waals surface area contributed by atoms with E-state index in [0.29, 0.717) is 5.69 Å². The molecule has 0 saturated carbocycles. The van der Waals surface area contributed by atoms with Gasteiger partial charge in [0, 0.05) is 15.5 Å². The lowest BCUT2D eigenvalue weighted by molar-refractivity contribution is 0.101. The molecular weight excluding hydrogens is 340 g/mol. The van der Waals surface area contributed by atoms with Gasteiger partial charge in [0.25, 0.3) is 5.91 Å². The summed E-state index contributed by atoms with van der Waals surface area (Å²) in [5.74, 6) is -2.58. The van der Waals surface area contributed by atoms with E-state index in [1.54, 1.807) is 23.9 Å². The van der Waals surface area contributed by atoms with Crippen molar-refractivity contribution in [3.63, 3.8) is 0 Å². The Kier molecular flexibility index (Phi) is 5.14. The fourth-order valence-corrected chi connectivity index (χ4v) is 3.07. The number of hydrogen-bond acceptors (Lipinski definition) is 2. The van der Waals surface area contributed by atoms with Crippen molar-refractivity contribution in [2.75, 3.05) is 5.32 Å². The molecule has 25 heavy (non-hydrogen) atoms. The molecule has 0 aliphatic rings. The smallest absolute Gasteiger partial charge is 0.261 e. The standard InChI is InChI=1S/C20H15F2NOS/c1-13-5-9-15(10-6-13)25-16-11-7-14(8-12-16)23-20(24)19-17(21)3-2-4-18(19)22/h2-12H,1H3,(H,23,24). The van der Waals surface area contributed by atoms with E-state index >= 15 is 0 Å². The highest BCUT2D eigenvalue weighted by Crippen LogP contribution is 2.28. The van der Waals surface area contributed by atoms with Gasteiger partial charge in [-0.1, -0.05) is 35.5 Å². The number of amides is 1. The number of benzene rings is 3. The molecule has 3 rings (SSSR count). The van der Waals surface area contributed by atoms with Crippen LogP contribution in [0.15, 0.2) is 76.5 Å². The number of anilines is 1. The van der Waals surface area contributed by atoms with E-state index in [0.717, 1.165) is 21.9 Å². The predicted octanol–water partition coefficient (Wildman–Crippen LogP) is 5.68. The second kappa shape index (κ2) is 7.49. The molecule has 0 aromatic heterocycles. The van der Waals surface area contributed by atoms with Gasteiger partial charge in [0.1, 0.15) is 17.2 Å². The molecule has 0 heterocycles. The van der Waals surface area contributed by atoms with Gasteiger partial charge >= 0.3 is 0 Å². The van der Waals surface area contributed by atoms with Crippen molar-refractivity contribution < 1.29 is 13.6 Å². The Labute approximate surface area is 148 Å². The molecule has 0 saturated heterocycles. The van der Waals surface area contributed by atoms with Crippen molar-refractivity contribution in [2.45, 2.75) is 16.7 Å². The quantitative estimate of drug-likeness (QED) is 0.653. The minimum atomic E-state index is -0.885. The maximum atomic E-state index is 13.6. The van der Waals surface area contributed by atoms with E-state index in [4.69, 9.17) is 0 Å². The molecule has 3 aromatic carbocycles. The number of halogens is 2. The first kappa shape index (κ1) is 17.2. The van der Waals surface area contributed by atoms with E-state index in [1.165, 1.54) is 11.6 Å². The molecular formula is C20H15F2NOS. The third-order valence-electron chi connectivity index (χ3n) is 3.56. The molecule has 0 unspecified atom stereocenters. The lowest BCUT2D eigenvalue weighted by atomic mass is 10.2. The largest absolute Gasteiger partial charge is 0.322 e. The first-order valence-electron chi connectivity index (χ1n) is 7.63. The summed E-state index contributed by atoms with van der Waals surface area (Å²) < 4.78 is 27.3. The Morgan fingerprint density at radius 3 is 1.92 bits per heavy atom. The fraction of sp³-hybridized carbons (Fsp3) is 0.0500. The molecule has 0 fully saturated rings. The summed E-state index contributed by atoms with van der Waals surface area (Å²) in [6.07, 6.45) is 0. The third-order valence-corrected chi connectivity index (χ3v) is 4.57. The average Bonchev–Trinajstić information content (AvgIpc) is 2.58. The van der Waals surface area contributed by atoms with Crippen LogP contribution < -0.4 is 5.32 Å². The molecule has 0 radical (unpaired) electrons. The minimum Gasteiger partial charge on any atom is -0.322 e. The zero-order chi connectivity index (χ0) is 17.8. The molecule has 5 heteroatoms. The van der Waals surface area contributed by atoms with Gasteiger partial charge in [-0.25, -0.2) is 8.78 Å². The van der Waals surface area contributed by atoms with Crippen LogP contribution >= 0.6 is 11.8 Å². The highest BCUT2D eigenvalue weighted by molar-refractivity contribution is 7.99. The first-order chi connectivity index (χ1) is 12.0. The molecule has 3 aromatic rings. The van der Waals surface area contributed by atoms with Gasteiger partial charge in [-0.2, -0.15) is 0 Å². The molecule has 0 atom stereocenters. The van der Waals surface area contributed by atoms with Gasteiger partial charge in [0.2, 0.25) is 0 Å². The molecule has 0 aliphatic heterocycles. The van der Waals surface area contributed by atoms with Crippen molar-refractivity contribution in [3.05, 3.63) is 89.5 Å². The topological polar surface area (TPSA) is 29.1 Å². The first-order valence-corrected chi connectivity index (χ1v) is 8.44. The van der Waals surface area contributed by atoms with Gasteiger partial charge in [0.05, 0.1) is 0 Å². The van der Waals surface area contributed by atoms with Crippen molar-refractivity contribution in [1.82, 2.24) is 0 Å². The van der Waals surface area contributed by atoms with Gasteiger partial charge < -0.3 is 5.32 Å². The van der Waals surface area contributed by atoms with E-state index in [-0.39, 0.29) is 0 Å². The van der Waals surface area contributed by atoms with Crippen LogP contribution in [-0.4, -0.2) is 5.91 Å². The normalized spacial score (nSPS) is 10.5. The predicted molar refractivity (Wildman–Crippen MR) is 96.1 cm³/mol. The zero-order valence-corrected chi connectivity index (χ0v) is 14.2. The Morgan fingerprint density at radius 1 is 0.840 bits per heavy atom. The Morgan fingerprint density at radius 2 is 1.36 bits per heavy atom. The summed E-state index contributed by atoms with van der Waals surface area (Å²) in [6, 6.07) is 18.6. The number of carbonyl (C=O) groups excluding carboxylic acids is 1. The van der Waals surface area contributed by atoms with Crippen LogP contribution in [0.5, 0.6) is 0 Å². The fourth-order valence-electron chi connectivity index (χ4n) is 2.26. The Bertz CT molecular complexity index is 872.